The molecule has 8 nitrogen and oxygen atoms in total. The minimum absolute atomic E-state index is 0.0136. The second-order valence-electron chi connectivity index (χ2n) is 8.51. The molecule has 8 heteroatoms. The van der Waals surface area contributed by atoms with Crippen molar-refractivity contribution in [1.29, 1.82) is 0 Å². The van der Waals surface area contributed by atoms with Crippen LogP contribution in [0.15, 0.2) is 84.0 Å². The number of aromatic nitrogens is 7. The van der Waals surface area contributed by atoms with Crippen LogP contribution in [0, 0.1) is 0 Å². The Kier molecular flexibility index (Phi) is 6.61. The first-order chi connectivity index (χ1) is 17.2. The summed E-state index contributed by atoms with van der Waals surface area (Å²) in [6, 6.07) is 20.0. The van der Waals surface area contributed by atoms with Crippen LogP contribution in [0.25, 0.3) is 28.2 Å². The van der Waals surface area contributed by atoms with Crippen LogP contribution in [0.2, 0.25) is 0 Å². The van der Waals surface area contributed by atoms with Crippen molar-refractivity contribution in [2.45, 2.75) is 39.2 Å². The molecule has 0 atom stereocenters. The third-order valence-corrected chi connectivity index (χ3v) is 6.15. The zero-order chi connectivity index (χ0) is 24.0. The molecular formula is C27H27N7O. The van der Waals surface area contributed by atoms with Crippen LogP contribution in [-0.4, -0.2) is 34.7 Å². The molecule has 0 bridgehead atoms. The molecule has 3 aromatic heterocycles. The monoisotopic (exact) mass is 465 g/mol. The maximum absolute atomic E-state index is 13.4. The Morgan fingerprint density at radius 3 is 2.51 bits per heavy atom. The molecule has 0 saturated carbocycles. The Hall–Kier alpha value is -4.33. The van der Waals surface area contributed by atoms with Crippen molar-refractivity contribution in [2.24, 2.45) is 0 Å². The minimum Gasteiger partial charge on any atom is -0.292 e. The lowest BCUT2D eigenvalue weighted by atomic mass is 10.00. The maximum atomic E-state index is 13.4. The van der Waals surface area contributed by atoms with Gasteiger partial charge in [-0.15, -0.1) is 10.2 Å². The fraction of sp³-hybridized carbons (Fsp3) is 0.222. The molecule has 5 aromatic rings. The van der Waals surface area contributed by atoms with Crippen LogP contribution in [0.4, 0.5) is 0 Å². The minimum atomic E-state index is -0.0136. The number of aryl methyl sites for hydroxylation is 1. The molecule has 0 fully saturated rings. The number of aromatic amines is 1. The normalized spacial score (nSPS) is 11.1. The van der Waals surface area contributed by atoms with Gasteiger partial charge in [-0.3, -0.25) is 14.1 Å². The highest BCUT2D eigenvalue weighted by Gasteiger charge is 2.14. The maximum Gasteiger partial charge on any atom is 0.333 e. The summed E-state index contributed by atoms with van der Waals surface area (Å²) in [6.07, 6.45) is 9.72. The second kappa shape index (κ2) is 10.3. The Balaban J connectivity index is 1.45. The van der Waals surface area contributed by atoms with E-state index in [0.29, 0.717) is 12.4 Å². The highest BCUT2D eigenvalue weighted by Crippen LogP contribution is 2.29. The van der Waals surface area contributed by atoms with Crippen molar-refractivity contribution in [2.75, 3.05) is 0 Å². The van der Waals surface area contributed by atoms with E-state index in [9.17, 15) is 4.79 Å². The molecule has 3 heterocycles. The SMILES string of the molecule is CCCCCc1cn(-c2ccccc2)c(=O)n1Cc1ccc(-c2ccncc2-c2nn[nH]n2)cc1. The van der Waals surface area contributed by atoms with Gasteiger partial charge in [0, 0.05) is 29.8 Å². The summed E-state index contributed by atoms with van der Waals surface area (Å²) in [6.45, 7) is 2.71. The highest BCUT2D eigenvalue weighted by atomic mass is 16.1. The molecule has 0 saturated heterocycles. The lowest BCUT2D eigenvalue weighted by Crippen LogP contribution is -2.24. The summed E-state index contributed by atoms with van der Waals surface area (Å²) < 4.78 is 3.65. The number of rotatable bonds is 9. The van der Waals surface area contributed by atoms with Crippen molar-refractivity contribution in [3.63, 3.8) is 0 Å². The average molecular weight is 466 g/mol. The summed E-state index contributed by atoms with van der Waals surface area (Å²) >= 11 is 0. The van der Waals surface area contributed by atoms with Gasteiger partial charge in [0.05, 0.1) is 12.2 Å². The summed E-state index contributed by atoms with van der Waals surface area (Å²) in [5, 5.41) is 14.3. The number of para-hydroxylation sites is 1. The van der Waals surface area contributed by atoms with E-state index in [1.807, 2.05) is 47.2 Å². The molecule has 0 amide bonds. The molecule has 35 heavy (non-hydrogen) atoms. The molecule has 0 unspecified atom stereocenters. The first-order valence-corrected chi connectivity index (χ1v) is 11.9. The Morgan fingerprint density at radius 2 is 1.77 bits per heavy atom. The molecule has 1 N–H and O–H groups in total. The zero-order valence-electron chi connectivity index (χ0n) is 19.6. The topological polar surface area (TPSA) is 94.3 Å². The number of tetrazole rings is 1. The van der Waals surface area contributed by atoms with Crippen LogP contribution < -0.4 is 5.69 Å². The third-order valence-electron chi connectivity index (χ3n) is 6.15. The van der Waals surface area contributed by atoms with Crippen LogP contribution in [0.1, 0.15) is 37.4 Å². The summed E-state index contributed by atoms with van der Waals surface area (Å²) in [4.78, 5) is 17.6. The Bertz CT molecular complexity index is 1440. The van der Waals surface area contributed by atoms with Gasteiger partial charge in [-0.25, -0.2) is 4.79 Å². The van der Waals surface area contributed by atoms with Crippen molar-refractivity contribution >= 4 is 0 Å². The molecule has 2 aromatic carbocycles. The first-order valence-electron chi connectivity index (χ1n) is 11.9. The van der Waals surface area contributed by atoms with Gasteiger partial charge in [0.2, 0.25) is 5.82 Å². The van der Waals surface area contributed by atoms with Crippen LogP contribution in [0.3, 0.4) is 0 Å². The molecule has 0 aliphatic rings. The van der Waals surface area contributed by atoms with Gasteiger partial charge in [0.15, 0.2) is 0 Å². The third kappa shape index (κ3) is 4.82. The van der Waals surface area contributed by atoms with E-state index >= 15 is 0 Å². The van der Waals surface area contributed by atoms with E-state index in [-0.39, 0.29) is 5.69 Å². The lowest BCUT2D eigenvalue weighted by molar-refractivity contribution is 0.653. The van der Waals surface area contributed by atoms with Gasteiger partial charge in [-0.05, 0) is 52.9 Å². The first kappa shape index (κ1) is 22.5. The summed E-state index contributed by atoms with van der Waals surface area (Å²) in [7, 11) is 0. The molecule has 5 rings (SSSR count). The lowest BCUT2D eigenvalue weighted by Gasteiger charge is -2.10. The van der Waals surface area contributed by atoms with E-state index in [1.54, 1.807) is 17.0 Å². The van der Waals surface area contributed by atoms with Gasteiger partial charge in [-0.2, -0.15) is 5.21 Å². The molecular weight excluding hydrogens is 438 g/mol. The molecule has 0 aliphatic heterocycles. The summed E-state index contributed by atoms with van der Waals surface area (Å²) in [5.74, 6) is 0.503. The van der Waals surface area contributed by atoms with E-state index < -0.39 is 0 Å². The predicted molar refractivity (Wildman–Crippen MR) is 135 cm³/mol. The zero-order valence-corrected chi connectivity index (χ0v) is 19.6. The van der Waals surface area contributed by atoms with Gasteiger partial charge in [0.1, 0.15) is 0 Å². The molecule has 176 valence electrons. The Labute approximate surface area is 203 Å². The number of imidazole rings is 1. The van der Waals surface area contributed by atoms with E-state index in [2.05, 4.69) is 56.8 Å². The van der Waals surface area contributed by atoms with Gasteiger partial charge < -0.3 is 0 Å². The number of unbranched alkanes of at least 4 members (excludes halogenated alkanes) is 2. The molecule has 0 radical (unpaired) electrons. The largest absolute Gasteiger partial charge is 0.333 e. The van der Waals surface area contributed by atoms with Crippen LogP contribution in [0.5, 0.6) is 0 Å². The predicted octanol–water partition coefficient (Wildman–Crippen LogP) is 4.66. The van der Waals surface area contributed by atoms with Crippen molar-refractivity contribution in [3.05, 3.63) is 101 Å². The van der Waals surface area contributed by atoms with Crippen molar-refractivity contribution in [1.82, 2.24) is 34.7 Å². The van der Waals surface area contributed by atoms with E-state index in [0.717, 1.165) is 59.3 Å². The Morgan fingerprint density at radius 1 is 0.943 bits per heavy atom. The number of benzene rings is 2. The van der Waals surface area contributed by atoms with Gasteiger partial charge in [0.25, 0.3) is 0 Å². The number of nitrogens with one attached hydrogen (secondary N) is 1. The fourth-order valence-corrected chi connectivity index (χ4v) is 4.30. The second-order valence-corrected chi connectivity index (χ2v) is 8.51. The number of hydrogen-bond acceptors (Lipinski definition) is 5. The number of H-pyrrole nitrogens is 1. The number of pyridine rings is 1. The average Bonchev–Trinajstić information content (AvgIpc) is 3.55. The fourth-order valence-electron chi connectivity index (χ4n) is 4.30. The van der Waals surface area contributed by atoms with Crippen LogP contribution in [-0.2, 0) is 13.0 Å². The van der Waals surface area contributed by atoms with E-state index in [1.165, 1.54) is 0 Å². The quantitative estimate of drug-likeness (QED) is 0.320. The highest BCUT2D eigenvalue weighted by molar-refractivity contribution is 5.79. The standard InChI is InChI=1S/C27H27N7O/c1-2-3-5-10-23-19-34(22-8-6-4-7-9-22)27(35)33(23)18-20-11-13-21(14-12-20)24-15-16-28-17-25(24)26-29-31-32-30-26/h4,6-9,11-17,19H,2-3,5,10,18H2,1H3,(H,29,30,31,32). The van der Waals surface area contributed by atoms with Gasteiger partial charge in [-0.1, -0.05) is 62.2 Å². The van der Waals surface area contributed by atoms with Crippen LogP contribution >= 0.6 is 0 Å². The number of hydrogen-bond donors (Lipinski definition) is 1. The summed E-state index contributed by atoms with van der Waals surface area (Å²) in [5.41, 5.74) is 5.80. The van der Waals surface area contributed by atoms with Gasteiger partial charge >= 0.3 is 5.69 Å². The van der Waals surface area contributed by atoms with Crippen molar-refractivity contribution < 1.29 is 0 Å². The van der Waals surface area contributed by atoms with E-state index in [4.69, 9.17) is 0 Å². The number of nitrogens with zero attached hydrogens (tertiary/aromatic N) is 6. The smallest absolute Gasteiger partial charge is 0.292 e. The molecule has 0 spiro atoms. The van der Waals surface area contributed by atoms with Crippen molar-refractivity contribution in [3.8, 4) is 28.2 Å². The molecule has 0 aliphatic carbocycles.